The van der Waals surface area contributed by atoms with Crippen LogP contribution in [-0.4, -0.2) is 24.5 Å². The van der Waals surface area contributed by atoms with Gasteiger partial charge in [0.05, 0.1) is 0 Å². The first-order valence-electron chi connectivity index (χ1n) is 9.22. The second-order valence-electron chi connectivity index (χ2n) is 7.05. The third-order valence-electron chi connectivity index (χ3n) is 4.17. The van der Waals surface area contributed by atoms with Crippen molar-refractivity contribution in [1.82, 2.24) is 14.9 Å². The molecule has 0 bridgehead atoms. The molecule has 2 N–H and O–H groups in total. The summed E-state index contributed by atoms with van der Waals surface area (Å²) in [7, 11) is -3.91. The van der Waals surface area contributed by atoms with Gasteiger partial charge < -0.3 is 0 Å². The Hall–Kier alpha value is -2.33. The van der Waals surface area contributed by atoms with E-state index in [1.165, 1.54) is 0 Å². The van der Waals surface area contributed by atoms with Gasteiger partial charge in [0.1, 0.15) is 0 Å². The van der Waals surface area contributed by atoms with Gasteiger partial charge in [-0.25, -0.2) is 13.1 Å². The number of halogens is 1. The van der Waals surface area contributed by atoms with Crippen LogP contribution in [0, 0.1) is 5.92 Å². The first-order chi connectivity index (χ1) is 14.2. The van der Waals surface area contributed by atoms with Crippen molar-refractivity contribution in [3.05, 3.63) is 70.7 Å². The van der Waals surface area contributed by atoms with Crippen LogP contribution in [-0.2, 0) is 10.0 Å². The summed E-state index contributed by atoms with van der Waals surface area (Å²) in [6.07, 6.45) is 0.627. The Morgan fingerprint density at radius 2 is 1.73 bits per heavy atom. The Morgan fingerprint density at radius 3 is 2.37 bits per heavy atom. The third kappa shape index (κ3) is 5.85. The molecule has 7 nitrogen and oxygen atoms in total. The quantitative estimate of drug-likeness (QED) is 0.477. The highest BCUT2D eigenvalue weighted by Crippen LogP contribution is 2.26. The molecule has 0 saturated carbocycles. The number of amides is 1. The van der Waals surface area contributed by atoms with E-state index in [-0.39, 0.29) is 15.4 Å². The van der Waals surface area contributed by atoms with Crippen molar-refractivity contribution >= 4 is 44.0 Å². The van der Waals surface area contributed by atoms with E-state index >= 15 is 0 Å². The van der Waals surface area contributed by atoms with Crippen molar-refractivity contribution in [2.45, 2.75) is 30.6 Å². The predicted octanol–water partition coefficient (Wildman–Crippen LogP) is 4.51. The molecule has 1 atom stereocenters. The second kappa shape index (κ2) is 9.65. The van der Waals surface area contributed by atoms with Gasteiger partial charge in [-0.1, -0.05) is 67.1 Å². The lowest BCUT2D eigenvalue weighted by Gasteiger charge is -2.20. The minimum atomic E-state index is -3.91. The van der Waals surface area contributed by atoms with Crippen LogP contribution >= 0.6 is 22.9 Å². The first kappa shape index (κ1) is 22.4. The number of nitrogens with one attached hydrogen (secondary N) is 2. The molecule has 3 rings (SSSR count). The molecule has 0 saturated heterocycles. The van der Waals surface area contributed by atoms with E-state index < -0.39 is 22.0 Å². The van der Waals surface area contributed by atoms with Crippen molar-refractivity contribution in [3.8, 4) is 0 Å². The molecule has 1 aromatic heterocycles. The van der Waals surface area contributed by atoms with E-state index in [4.69, 9.17) is 11.6 Å². The zero-order valence-corrected chi connectivity index (χ0v) is 18.8. The molecule has 2 aromatic carbocycles. The summed E-state index contributed by atoms with van der Waals surface area (Å²) in [5.74, 6) is -0.150. The number of benzene rings is 2. The highest BCUT2D eigenvalue weighted by molar-refractivity contribution is 7.91. The Morgan fingerprint density at radius 1 is 1.07 bits per heavy atom. The lowest BCUT2D eigenvalue weighted by Crippen LogP contribution is -2.29. The van der Waals surface area contributed by atoms with Crippen LogP contribution in [0.2, 0.25) is 5.02 Å². The van der Waals surface area contributed by atoms with Crippen molar-refractivity contribution < 1.29 is 13.2 Å². The van der Waals surface area contributed by atoms with Gasteiger partial charge in [0.2, 0.25) is 9.47 Å². The van der Waals surface area contributed by atoms with Crippen LogP contribution in [0.15, 0.2) is 58.9 Å². The largest absolute Gasteiger partial charge is 0.296 e. The van der Waals surface area contributed by atoms with Gasteiger partial charge >= 0.3 is 0 Å². The molecule has 0 aliphatic carbocycles. The minimum absolute atomic E-state index is 0.0930. The van der Waals surface area contributed by atoms with Crippen molar-refractivity contribution in [2.75, 3.05) is 5.32 Å². The van der Waals surface area contributed by atoms with Crippen LogP contribution in [0.25, 0.3) is 0 Å². The van der Waals surface area contributed by atoms with Crippen molar-refractivity contribution in [3.63, 3.8) is 0 Å². The summed E-state index contributed by atoms with van der Waals surface area (Å²) < 4.78 is 28.3. The number of anilines is 1. The molecule has 0 aliphatic heterocycles. The van der Waals surface area contributed by atoms with Crippen molar-refractivity contribution in [1.29, 1.82) is 0 Å². The lowest BCUT2D eigenvalue weighted by molar-refractivity contribution is 0.102. The molecule has 158 valence electrons. The maximum absolute atomic E-state index is 12.9. The van der Waals surface area contributed by atoms with Gasteiger partial charge in [-0.15, -0.1) is 10.2 Å². The minimum Gasteiger partial charge on any atom is -0.296 e. The van der Waals surface area contributed by atoms with Crippen LogP contribution in [0.1, 0.15) is 42.2 Å². The molecule has 0 unspecified atom stereocenters. The molecule has 30 heavy (non-hydrogen) atoms. The number of carbonyl (C=O) groups excluding carboxylic acids is 1. The van der Waals surface area contributed by atoms with Gasteiger partial charge in [-0.2, -0.15) is 0 Å². The maximum atomic E-state index is 12.9. The molecule has 0 radical (unpaired) electrons. The van der Waals surface area contributed by atoms with Gasteiger partial charge in [0, 0.05) is 16.6 Å². The first-order valence-corrected chi connectivity index (χ1v) is 11.9. The fraction of sp³-hybridized carbons (Fsp3) is 0.250. The average Bonchev–Trinajstić information content (AvgIpc) is 3.17. The number of nitrogens with zero attached hydrogens (tertiary/aromatic N) is 2. The van der Waals surface area contributed by atoms with Gasteiger partial charge in [-0.05, 0) is 42.2 Å². The summed E-state index contributed by atoms with van der Waals surface area (Å²) in [6, 6.07) is 15.3. The molecular formula is C20H21ClN4O3S2. The van der Waals surface area contributed by atoms with Crippen LogP contribution in [0.3, 0.4) is 0 Å². The summed E-state index contributed by atoms with van der Waals surface area (Å²) in [6.45, 7) is 4.05. The van der Waals surface area contributed by atoms with Gasteiger partial charge in [-0.3, -0.25) is 10.1 Å². The number of aromatic nitrogens is 2. The molecule has 0 aliphatic rings. The van der Waals surface area contributed by atoms with Gasteiger partial charge in [0.15, 0.2) is 0 Å². The Labute approximate surface area is 184 Å². The third-order valence-corrected chi connectivity index (χ3v) is 7.10. The maximum Gasteiger partial charge on any atom is 0.270 e. The smallest absolute Gasteiger partial charge is 0.270 e. The van der Waals surface area contributed by atoms with E-state index in [0.717, 1.165) is 16.9 Å². The zero-order chi connectivity index (χ0) is 21.7. The van der Waals surface area contributed by atoms with Gasteiger partial charge in [0.25, 0.3) is 15.9 Å². The van der Waals surface area contributed by atoms with E-state index in [0.29, 0.717) is 17.0 Å². The Bertz CT molecular complexity index is 1100. The Kier molecular flexibility index (Phi) is 7.19. The zero-order valence-electron chi connectivity index (χ0n) is 16.4. The molecule has 1 heterocycles. The second-order valence-corrected chi connectivity index (χ2v) is 10.3. The molecule has 0 spiro atoms. The highest BCUT2D eigenvalue weighted by Gasteiger charge is 2.26. The predicted molar refractivity (Wildman–Crippen MR) is 118 cm³/mol. The normalized spacial score (nSPS) is 12.7. The van der Waals surface area contributed by atoms with E-state index in [9.17, 15) is 13.2 Å². The summed E-state index contributed by atoms with van der Waals surface area (Å²) >= 11 is 6.61. The molecule has 10 heteroatoms. The molecular weight excluding hydrogens is 444 g/mol. The monoisotopic (exact) mass is 464 g/mol. The number of hydrogen-bond donors (Lipinski definition) is 2. The number of sulfonamides is 1. The summed E-state index contributed by atoms with van der Waals surface area (Å²) in [5.41, 5.74) is 1.24. The SMILES string of the molecule is CC(C)C[C@@H](NS(=O)(=O)c1nnc(NC(=O)c2ccc(Cl)cc2)s1)c1ccccc1. The molecule has 3 aromatic rings. The number of carbonyl (C=O) groups is 1. The fourth-order valence-corrected chi connectivity index (χ4v) is 5.06. The molecule has 1 amide bonds. The van der Waals surface area contributed by atoms with Crippen LogP contribution in [0.5, 0.6) is 0 Å². The molecule has 0 fully saturated rings. The number of rotatable bonds is 8. The van der Waals surface area contributed by atoms with Crippen molar-refractivity contribution in [2.24, 2.45) is 5.92 Å². The fourth-order valence-electron chi connectivity index (χ4n) is 2.79. The average molecular weight is 465 g/mol. The van der Waals surface area contributed by atoms with Crippen LogP contribution < -0.4 is 10.0 Å². The topological polar surface area (TPSA) is 101 Å². The van der Waals surface area contributed by atoms with E-state index in [1.807, 2.05) is 44.2 Å². The lowest BCUT2D eigenvalue weighted by atomic mass is 9.98. The van der Waals surface area contributed by atoms with Crippen LogP contribution in [0.4, 0.5) is 5.13 Å². The Balaban J connectivity index is 1.75. The van der Waals surface area contributed by atoms with E-state index in [2.05, 4.69) is 20.2 Å². The highest BCUT2D eigenvalue weighted by atomic mass is 35.5. The summed E-state index contributed by atoms with van der Waals surface area (Å²) in [4.78, 5) is 12.3. The number of hydrogen-bond acceptors (Lipinski definition) is 6. The summed E-state index contributed by atoms with van der Waals surface area (Å²) in [5, 5.41) is 10.7. The van der Waals surface area contributed by atoms with E-state index in [1.54, 1.807) is 24.3 Å². The standard InChI is InChI=1S/C20H21ClN4O3S2/c1-13(2)12-17(14-6-4-3-5-7-14)25-30(27,28)20-24-23-19(29-20)22-18(26)15-8-10-16(21)11-9-15/h3-11,13,17,25H,12H2,1-2H3,(H,22,23,26)/t17-/m1/s1.